The monoisotopic (exact) mass is 269 g/mol. The van der Waals surface area contributed by atoms with Gasteiger partial charge in [0, 0.05) is 11.1 Å². The molecule has 0 fully saturated rings. The molecule has 0 saturated carbocycles. The Morgan fingerprint density at radius 2 is 2.00 bits per heavy atom. The second kappa shape index (κ2) is 5.11. The Bertz CT molecular complexity index is 555. The zero-order valence-electron chi connectivity index (χ0n) is 9.76. The van der Waals surface area contributed by atoms with E-state index in [0.717, 1.165) is 29.4 Å². The predicted octanol–water partition coefficient (Wildman–Crippen LogP) is 4.50. The highest BCUT2D eigenvalue weighted by atomic mass is 35.5. The Labute approximate surface area is 111 Å². The van der Waals surface area contributed by atoms with Gasteiger partial charge in [-0.25, -0.2) is 4.98 Å². The second-order valence-electron chi connectivity index (χ2n) is 3.82. The molecule has 0 radical (unpaired) electrons. The smallest absolute Gasteiger partial charge is 0.145 e. The van der Waals surface area contributed by atoms with E-state index in [0.29, 0.717) is 15.8 Å². The number of aromatic nitrogens is 1. The van der Waals surface area contributed by atoms with Gasteiger partial charge >= 0.3 is 0 Å². The highest BCUT2D eigenvalue weighted by Gasteiger charge is 2.11. The molecule has 0 aliphatic rings. The lowest BCUT2D eigenvalue weighted by Gasteiger charge is -2.09. The lowest BCUT2D eigenvalue weighted by Crippen LogP contribution is -1.94. The van der Waals surface area contributed by atoms with Gasteiger partial charge in [-0.2, -0.15) is 0 Å². The van der Waals surface area contributed by atoms with Crippen LogP contribution in [0.25, 0.3) is 10.9 Å². The summed E-state index contributed by atoms with van der Waals surface area (Å²) >= 11 is 12.4. The van der Waals surface area contributed by atoms with Crippen LogP contribution in [0.3, 0.4) is 0 Å². The van der Waals surface area contributed by atoms with E-state index in [1.165, 1.54) is 0 Å². The molecule has 0 aliphatic heterocycles. The number of methoxy groups -OCH3 is 1. The number of hydrogen-bond donors (Lipinski definition) is 0. The number of halogens is 2. The zero-order valence-corrected chi connectivity index (χ0v) is 11.3. The van der Waals surface area contributed by atoms with Gasteiger partial charge in [0.15, 0.2) is 0 Å². The zero-order chi connectivity index (χ0) is 12.4. The standard InChI is InChI=1S/C13H13Cl2NO/c1-3-4-8-7-10(15)12-9(14)5-6-11(17-2)13(12)16-8/h5-7H,3-4H2,1-2H3. The van der Waals surface area contributed by atoms with E-state index in [4.69, 9.17) is 27.9 Å². The lowest BCUT2D eigenvalue weighted by molar-refractivity contribution is 0.419. The van der Waals surface area contributed by atoms with Crippen LogP contribution in [-0.2, 0) is 6.42 Å². The molecule has 0 aliphatic carbocycles. The third kappa shape index (κ3) is 2.33. The molecule has 0 bridgehead atoms. The van der Waals surface area contributed by atoms with Crippen molar-refractivity contribution in [2.75, 3.05) is 7.11 Å². The van der Waals surface area contributed by atoms with Crippen LogP contribution in [0.4, 0.5) is 0 Å². The topological polar surface area (TPSA) is 22.1 Å². The third-order valence-electron chi connectivity index (χ3n) is 2.60. The first-order valence-electron chi connectivity index (χ1n) is 5.49. The van der Waals surface area contributed by atoms with Gasteiger partial charge < -0.3 is 4.74 Å². The Morgan fingerprint density at radius 1 is 1.24 bits per heavy atom. The molecule has 4 heteroatoms. The van der Waals surface area contributed by atoms with Crippen molar-refractivity contribution >= 4 is 34.1 Å². The molecule has 1 aromatic carbocycles. The second-order valence-corrected chi connectivity index (χ2v) is 4.63. The fourth-order valence-corrected chi connectivity index (χ4v) is 2.45. The fourth-order valence-electron chi connectivity index (χ4n) is 1.83. The van der Waals surface area contributed by atoms with Gasteiger partial charge in [0.2, 0.25) is 0 Å². The molecular weight excluding hydrogens is 257 g/mol. The summed E-state index contributed by atoms with van der Waals surface area (Å²) in [6.45, 7) is 2.11. The molecule has 0 spiro atoms. The van der Waals surface area contributed by atoms with Crippen molar-refractivity contribution in [3.8, 4) is 5.75 Å². The van der Waals surface area contributed by atoms with Gasteiger partial charge in [0.25, 0.3) is 0 Å². The molecule has 0 atom stereocenters. The highest BCUT2D eigenvalue weighted by molar-refractivity contribution is 6.42. The summed E-state index contributed by atoms with van der Waals surface area (Å²) in [5.74, 6) is 0.698. The lowest BCUT2D eigenvalue weighted by atomic mass is 10.1. The largest absolute Gasteiger partial charge is 0.494 e. The number of nitrogens with zero attached hydrogens (tertiary/aromatic N) is 1. The Morgan fingerprint density at radius 3 is 2.65 bits per heavy atom. The van der Waals surface area contributed by atoms with E-state index in [1.54, 1.807) is 13.2 Å². The SMILES string of the molecule is CCCc1cc(Cl)c2c(Cl)ccc(OC)c2n1. The molecule has 0 amide bonds. The van der Waals surface area contributed by atoms with Crippen molar-refractivity contribution in [2.45, 2.75) is 19.8 Å². The highest BCUT2D eigenvalue weighted by Crippen LogP contribution is 2.35. The van der Waals surface area contributed by atoms with Crippen molar-refractivity contribution in [3.63, 3.8) is 0 Å². The Balaban J connectivity index is 2.75. The maximum atomic E-state index is 6.25. The number of fused-ring (bicyclic) bond motifs is 1. The fraction of sp³-hybridized carbons (Fsp3) is 0.308. The summed E-state index contributed by atoms with van der Waals surface area (Å²) in [4.78, 5) is 4.56. The van der Waals surface area contributed by atoms with Crippen LogP contribution in [0.5, 0.6) is 5.75 Å². The minimum Gasteiger partial charge on any atom is -0.494 e. The number of hydrogen-bond acceptors (Lipinski definition) is 2. The molecule has 1 aromatic heterocycles. The molecule has 2 rings (SSSR count). The predicted molar refractivity (Wildman–Crippen MR) is 72.3 cm³/mol. The molecule has 90 valence electrons. The molecule has 1 heterocycles. The van der Waals surface area contributed by atoms with Crippen molar-refractivity contribution in [1.29, 1.82) is 0 Å². The summed E-state index contributed by atoms with van der Waals surface area (Å²) in [6, 6.07) is 5.46. The van der Waals surface area contributed by atoms with Crippen LogP contribution >= 0.6 is 23.2 Å². The van der Waals surface area contributed by atoms with Crippen LogP contribution < -0.4 is 4.74 Å². The van der Waals surface area contributed by atoms with Gasteiger partial charge in [-0.05, 0) is 24.6 Å². The van der Waals surface area contributed by atoms with Gasteiger partial charge in [-0.1, -0.05) is 36.5 Å². The minimum atomic E-state index is 0.598. The molecule has 0 unspecified atom stereocenters. The van der Waals surface area contributed by atoms with Crippen molar-refractivity contribution in [2.24, 2.45) is 0 Å². The van der Waals surface area contributed by atoms with E-state index < -0.39 is 0 Å². The van der Waals surface area contributed by atoms with E-state index in [-0.39, 0.29) is 0 Å². The number of ether oxygens (including phenoxy) is 1. The first kappa shape index (κ1) is 12.5. The molecular formula is C13H13Cl2NO. The molecule has 2 nitrogen and oxygen atoms in total. The van der Waals surface area contributed by atoms with Gasteiger partial charge in [-0.3, -0.25) is 0 Å². The van der Waals surface area contributed by atoms with Crippen molar-refractivity contribution < 1.29 is 4.74 Å². The van der Waals surface area contributed by atoms with Gasteiger partial charge in [-0.15, -0.1) is 0 Å². The molecule has 0 N–H and O–H groups in total. The van der Waals surface area contributed by atoms with E-state index >= 15 is 0 Å². The molecule has 17 heavy (non-hydrogen) atoms. The number of benzene rings is 1. The Hall–Kier alpha value is -0.990. The van der Waals surface area contributed by atoms with Crippen LogP contribution in [0, 0.1) is 0 Å². The summed E-state index contributed by atoms with van der Waals surface area (Å²) in [5, 5.41) is 1.98. The van der Waals surface area contributed by atoms with Crippen molar-refractivity contribution in [3.05, 3.63) is 33.9 Å². The number of aryl methyl sites for hydroxylation is 1. The quantitative estimate of drug-likeness (QED) is 0.819. The summed E-state index contributed by atoms with van der Waals surface area (Å²) in [5.41, 5.74) is 1.70. The maximum Gasteiger partial charge on any atom is 0.145 e. The minimum absolute atomic E-state index is 0.598. The van der Waals surface area contributed by atoms with Crippen LogP contribution in [-0.4, -0.2) is 12.1 Å². The normalized spacial score (nSPS) is 10.8. The average Bonchev–Trinajstić information content (AvgIpc) is 2.29. The number of pyridine rings is 1. The van der Waals surface area contributed by atoms with Crippen molar-refractivity contribution in [1.82, 2.24) is 4.98 Å². The van der Waals surface area contributed by atoms with Gasteiger partial charge in [0.1, 0.15) is 11.3 Å². The van der Waals surface area contributed by atoms with Crippen LogP contribution in [0.15, 0.2) is 18.2 Å². The molecule has 0 saturated heterocycles. The van der Waals surface area contributed by atoms with Gasteiger partial charge in [0.05, 0.1) is 17.2 Å². The van der Waals surface area contributed by atoms with E-state index in [2.05, 4.69) is 11.9 Å². The summed E-state index contributed by atoms with van der Waals surface area (Å²) < 4.78 is 5.29. The molecule has 2 aromatic rings. The number of rotatable bonds is 3. The first-order valence-corrected chi connectivity index (χ1v) is 6.24. The summed E-state index contributed by atoms with van der Waals surface area (Å²) in [6.07, 6.45) is 1.92. The maximum absolute atomic E-state index is 6.25. The van der Waals surface area contributed by atoms with E-state index in [1.807, 2.05) is 12.1 Å². The van der Waals surface area contributed by atoms with Crippen LogP contribution in [0.2, 0.25) is 10.0 Å². The summed E-state index contributed by atoms with van der Waals surface area (Å²) in [7, 11) is 1.62. The third-order valence-corrected chi connectivity index (χ3v) is 3.22. The van der Waals surface area contributed by atoms with E-state index in [9.17, 15) is 0 Å². The first-order chi connectivity index (χ1) is 8.17. The average molecular weight is 270 g/mol. The Kier molecular flexibility index (Phi) is 3.75. The van der Waals surface area contributed by atoms with Crippen LogP contribution in [0.1, 0.15) is 19.0 Å².